The van der Waals surface area contributed by atoms with Crippen LogP contribution in [0.15, 0.2) is 28.8 Å². The van der Waals surface area contributed by atoms with Crippen LogP contribution in [0.3, 0.4) is 0 Å². The first-order chi connectivity index (χ1) is 12.3. The normalized spacial score (nSPS) is 25.5. The minimum atomic E-state index is -0.139. The van der Waals surface area contributed by atoms with Crippen LogP contribution in [0, 0.1) is 0 Å². The summed E-state index contributed by atoms with van der Waals surface area (Å²) in [4.78, 5) is 19.8. The molecule has 25 heavy (non-hydrogen) atoms. The van der Waals surface area contributed by atoms with Crippen molar-refractivity contribution < 1.29 is 14.1 Å². The van der Waals surface area contributed by atoms with Gasteiger partial charge in [0, 0.05) is 18.0 Å². The molecule has 0 unspecified atom stereocenters. The second-order valence-corrected chi connectivity index (χ2v) is 7.18. The van der Waals surface area contributed by atoms with Gasteiger partial charge in [0.2, 0.25) is 11.8 Å². The van der Waals surface area contributed by atoms with E-state index in [1.807, 2.05) is 29.2 Å². The van der Waals surface area contributed by atoms with Crippen molar-refractivity contribution in [1.29, 1.82) is 0 Å². The maximum Gasteiger partial charge on any atom is 0.231 e. The lowest BCUT2D eigenvalue weighted by Gasteiger charge is -2.30. The molecule has 3 aliphatic rings. The van der Waals surface area contributed by atoms with Gasteiger partial charge in [-0.3, -0.25) is 4.79 Å². The largest absolute Gasteiger partial charge is 0.493 e. The molecule has 1 aliphatic carbocycles. The molecular formula is C19H21N3O3. The second-order valence-electron chi connectivity index (χ2n) is 7.18. The van der Waals surface area contributed by atoms with Gasteiger partial charge < -0.3 is 14.2 Å². The van der Waals surface area contributed by atoms with Gasteiger partial charge in [-0.05, 0) is 38.2 Å². The fraction of sp³-hybridized carbons (Fsp3) is 0.526. The predicted molar refractivity (Wildman–Crippen MR) is 89.3 cm³/mol. The second kappa shape index (κ2) is 5.86. The summed E-state index contributed by atoms with van der Waals surface area (Å²) >= 11 is 0. The van der Waals surface area contributed by atoms with Gasteiger partial charge in [-0.2, -0.15) is 4.98 Å². The van der Waals surface area contributed by atoms with E-state index in [4.69, 9.17) is 9.26 Å². The Kier molecular flexibility index (Phi) is 3.50. The number of hydrogen-bond acceptors (Lipinski definition) is 5. The molecule has 5 rings (SSSR count). The van der Waals surface area contributed by atoms with Crippen molar-refractivity contribution in [3.8, 4) is 5.75 Å². The third-order valence-electron chi connectivity index (χ3n) is 5.47. The first-order valence-electron chi connectivity index (χ1n) is 9.17. The summed E-state index contributed by atoms with van der Waals surface area (Å²) in [6.45, 7) is 1.34. The van der Waals surface area contributed by atoms with Crippen molar-refractivity contribution >= 4 is 5.91 Å². The van der Waals surface area contributed by atoms with Crippen molar-refractivity contribution in [2.45, 2.75) is 50.0 Å². The van der Waals surface area contributed by atoms with E-state index >= 15 is 0 Å². The van der Waals surface area contributed by atoms with Gasteiger partial charge in [-0.25, -0.2) is 0 Å². The van der Waals surface area contributed by atoms with Crippen molar-refractivity contribution in [1.82, 2.24) is 15.0 Å². The fourth-order valence-corrected chi connectivity index (χ4v) is 3.98. The molecule has 1 aromatic carbocycles. The van der Waals surface area contributed by atoms with Crippen LogP contribution in [0.25, 0.3) is 0 Å². The first kappa shape index (κ1) is 14.9. The molecular weight excluding hydrogens is 318 g/mol. The molecule has 3 heterocycles. The van der Waals surface area contributed by atoms with E-state index in [1.165, 1.54) is 0 Å². The van der Waals surface area contributed by atoms with Gasteiger partial charge in [-0.15, -0.1) is 0 Å². The Morgan fingerprint density at radius 3 is 2.92 bits per heavy atom. The molecule has 2 aromatic rings. The number of hydrogen-bond donors (Lipinski definition) is 0. The minimum absolute atomic E-state index is 0.0567. The van der Waals surface area contributed by atoms with Crippen LogP contribution in [0.4, 0.5) is 0 Å². The smallest absolute Gasteiger partial charge is 0.231 e. The Hall–Kier alpha value is -2.37. The minimum Gasteiger partial charge on any atom is -0.493 e. The van der Waals surface area contributed by atoms with Gasteiger partial charge in [0.25, 0.3) is 0 Å². The van der Waals surface area contributed by atoms with E-state index in [2.05, 4.69) is 10.1 Å². The maximum atomic E-state index is 13.3. The zero-order valence-corrected chi connectivity index (χ0v) is 14.1. The Bertz CT molecular complexity index is 799. The SMILES string of the molecule is O=C([C@@H]1CCOc2ccccc21)N1CCC[C@@H]1c1noc(C2CC2)n1. The first-order valence-corrected chi connectivity index (χ1v) is 9.17. The molecule has 0 bridgehead atoms. The standard InChI is InChI=1S/C19H21N3O3/c23-19(14-9-11-24-16-6-2-1-4-13(14)16)22-10-3-5-15(22)17-20-18(25-21-17)12-7-8-12/h1-2,4,6,12,14-15H,3,5,7-11H2/t14-,15-/m1/s1. The van der Waals surface area contributed by atoms with Crippen LogP contribution in [0.1, 0.15) is 67.3 Å². The van der Waals surface area contributed by atoms with E-state index in [0.717, 1.165) is 55.9 Å². The molecule has 0 N–H and O–H groups in total. The lowest BCUT2D eigenvalue weighted by atomic mass is 9.91. The summed E-state index contributed by atoms with van der Waals surface area (Å²) in [5, 5.41) is 4.18. The van der Waals surface area contributed by atoms with E-state index in [9.17, 15) is 4.79 Å². The van der Waals surface area contributed by atoms with Crippen LogP contribution in [-0.4, -0.2) is 34.1 Å². The summed E-state index contributed by atoms with van der Waals surface area (Å²) in [5.74, 6) is 2.71. The molecule has 1 saturated heterocycles. The topological polar surface area (TPSA) is 68.5 Å². The average Bonchev–Trinajstić information content (AvgIpc) is 3.19. The highest BCUT2D eigenvalue weighted by Gasteiger charge is 2.39. The Labute approximate surface area is 146 Å². The van der Waals surface area contributed by atoms with Gasteiger partial charge in [0.05, 0.1) is 18.6 Å². The molecule has 1 aromatic heterocycles. The van der Waals surface area contributed by atoms with Crippen LogP contribution < -0.4 is 4.74 Å². The van der Waals surface area contributed by atoms with Crippen molar-refractivity contribution in [3.63, 3.8) is 0 Å². The number of likely N-dealkylation sites (tertiary alicyclic amines) is 1. The number of fused-ring (bicyclic) bond motifs is 1. The molecule has 1 amide bonds. The average molecular weight is 339 g/mol. The Morgan fingerprint density at radius 1 is 1.16 bits per heavy atom. The molecule has 130 valence electrons. The highest BCUT2D eigenvalue weighted by atomic mass is 16.5. The third-order valence-corrected chi connectivity index (χ3v) is 5.47. The van der Waals surface area contributed by atoms with Crippen LogP contribution in [0.5, 0.6) is 5.75 Å². The summed E-state index contributed by atoms with van der Waals surface area (Å²) in [6.07, 6.45) is 4.87. The number of benzene rings is 1. The van der Waals surface area contributed by atoms with Crippen molar-refractivity contribution in [3.05, 3.63) is 41.5 Å². The number of para-hydroxylation sites is 1. The Morgan fingerprint density at radius 2 is 2.04 bits per heavy atom. The summed E-state index contributed by atoms with van der Waals surface area (Å²) in [5.41, 5.74) is 0.996. The van der Waals surface area contributed by atoms with Crippen LogP contribution >= 0.6 is 0 Å². The zero-order valence-electron chi connectivity index (χ0n) is 14.1. The molecule has 6 heteroatoms. The summed E-state index contributed by atoms with van der Waals surface area (Å²) in [7, 11) is 0. The number of aromatic nitrogens is 2. The molecule has 6 nitrogen and oxygen atoms in total. The maximum absolute atomic E-state index is 13.3. The number of carbonyl (C=O) groups excluding carboxylic acids is 1. The number of nitrogens with zero attached hydrogens (tertiary/aromatic N) is 3. The lowest BCUT2D eigenvalue weighted by Crippen LogP contribution is -2.37. The van der Waals surface area contributed by atoms with E-state index < -0.39 is 0 Å². The predicted octanol–water partition coefficient (Wildman–Crippen LogP) is 3.18. The van der Waals surface area contributed by atoms with Gasteiger partial charge >= 0.3 is 0 Å². The molecule has 2 fully saturated rings. The van der Waals surface area contributed by atoms with Crippen molar-refractivity contribution in [2.75, 3.05) is 13.2 Å². The number of carbonyl (C=O) groups is 1. The summed E-state index contributed by atoms with van der Waals surface area (Å²) < 4.78 is 11.1. The quantitative estimate of drug-likeness (QED) is 0.859. The van der Waals surface area contributed by atoms with E-state index in [0.29, 0.717) is 18.3 Å². The molecule has 2 aliphatic heterocycles. The van der Waals surface area contributed by atoms with E-state index in [1.54, 1.807) is 0 Å². The summed E-state index contributed by atoms with van der Waals surface area (Å²) in [6, 6.07) is 7.80. The van der Waals surface area contributed by atoms with Crippen LogP contribution in [0.2, 0.25) is 0 Å². The highest BCUT2D eigenvalue weighted by Crippen LogP contribution is 2.41. The number of amides is 1. The monoisotopic (exact) mass is 339 g/mol. The van der Waals surface area contributed by atoms with Gasteiger partial charge in [0.15, 0.2) is 5.82 Å². The molecule has 0 radical (unpaired) electrons. The highest BCUT2D eigenvalue weighted by molar-refractivity contribution is 5.85. The van der Waals surface area contributed by atoms with Gasteiger partial charge in [0.1, 0.15) is 5.75 Å². The van der Waals surface area contributed by atoms with Gasteiger partial charge in [-0.1, -0.05) is 23.4 Å². The van der Waals surface area contributed by atoms with E-state index in [-0.39, 0.29) is 17.9 Å². The van der Waals surface area contributed by atoms with Crippen molar-refractivity contribution in [2.24, 2.45) is 0 Å². The number of ether oxygens (including phenoxy) is 1. The third kappa shape index (κ3) is 2.60. The molecule has 1 saturated carbocycles. The Balaban J connectivity index is 1.41. The number of rotatable bonds is 3. The molecule has 2 atom stereocenters. The fourth-order valence-electron chi connectivity index (χ4n) is 3.98. The molecule has 0 spiro atoms. The zero-order chi connectivity index (χ0) is 16.8. The van der Waals surface area contributed by atoms with Crippen LogP contribution in [-0.2, 0) is 4.79 Å². The lowest BCUT2D eigenvalue weighted by molar-refractivity contribution is -0.134.